The third-order valence-electron chi connectivity index (χ3n) is 2.00. The molecule has 0 saturated carbocycles. The molecule has 0 saturated heterocycles. The molecule has 0 radical (unpaired) electrons. The van der Waals surface area contributed by atoms with Gasteiger partial charge in [-0.15, -0.1) is 0 Å². The molecule has 0 amide bonds. The third-order valence-corrected chi connectivity index (χ3v) is 2.00. The topological polar surface area (TPSA) is 63.6 Å². The zero-order valence-electron chi connectivity index (χ0n) is 10.8. The summed E-state index contributed by atoms with van der Waals surface area (Å²) in [6.07, 6.45) is 1.51. The number of nitrogens with one attached hydrogen (secondary N) is 1. The van der Waals surface area contributed by atoms with Crippen LogP contribution < -0.4 is 10.1 Å². The number of anilines is 1. The smallest absolute Gasteiger partial charge is 0.241 e. The SMILES string of the molecule is CNc1cc(N=C=O)c(OC(C)(C)C)nc1C. The van der Waals surface area contributed by atoms with Crippen LogP contribution in [0.25, 0.3) is 0 Å². The van der Waals surface area contributed by atoms with Crippen LogP contribution in [0.3, 0.4) is 0 Å². The average Bonchev–Trinajstić information content (AvgIpc) is 2.20. The molecule has 1 rings (SSSR count). The Morgan fingerprint density at radius 3 is 2.59 bits per heavy atom. The summed E-state index contributed by atoms with van der Waals surface area (Å²) in [7, 11) is 1.78. The first-order valence-corrected chi connectivity index (χ1v) is 5.33. The van der Waals surface area contributed by atoms with E-state index in [9.17, 15) is 4.79 Å². The van der Waals surface area contributed by atoms with Gasteiger partial charge in [-0.2, -0.15) is 4.99 Å². The van der Waals surface area contributed by atoms with Gasteiger partial charge in [0.1, 0.15) is 11.3 Å². The maximum absolute atomic E-state index is 10.4. The molecule has 1 N–H and O–H groups in total. The fourth-order valence-electron chi connectivity index (χ4n) is 1.32. The Hall–Kier alpha value is -1.87. The van der Waals surface area contributed by atoms with Crippen molar-refractivity contribution in [2.75, 3.05) is 12.4 Å². The maximum Gasteiger partial charge on any atom is 0.241 e. The molecule has 0 spiro atoms. The van der Waals surface area contributed by atoms with Gasteiger partial charge in [-0.05, 0) is 33.8 Å². The Morgan fingerprint density at radius 1 is 1.47 bits per heavy atom. The zero-order valence-corrected chi connectivity index (χ0v) is 10.8. The molecule has 5 heteroatoms. The maximum atomic E-state index is 10.4. The number of hydrogen-bond acceptors (Lipinski definition) is 5. The predicted molar refractivity (Wildman–Crippen MR) is 66.7 cm³/mol. The van der Waals surface area contributed by atoms with E-state index in [4.69, 9.17) is 4.74 Å². The Balaban J connectivity index is 3.27. The quantitative estimate of drug-likeness (QED) is 0.646. The van der Waals surface area contributed by atoms with Crippen LogP contribution in [0.15, 0.2) is 11.1 Å². The van der Waals surface area contributed by atoms with E-state index in [1.807, 2.05) is 27.7 Å². The second kappa shape index (κ2) is 4.97. The highest BCUT2D eigenvalue weighted by molar-refractivity contribution is 5.63. The molecule has 0 bridgehead atoms. The van der Waals surface area contributed by atoms with Gasteiger partial charge in [0.25, 0.3) is 0 Å². The molecular formula is C12H17N3O2. The standard InChI is InChI=1S/C12H17N3O2/c1-8-9(13-5)6-10(14-7-16)11(15-8)17-12(2,3)4/h6,13H,1-5H3. The summed E-state index contributed by atoms with van der Waals surface area (Å²) in [4.78, 5) is 18.3. The van der Waals surface area contributed by atoms with Crippen molar-refractivity contribution in [3.8, 4) is 5.88 Å². The van der Waals surface area contributed by atoms with Gasteiger partial charge >= 0.3 is 0 Å². The van der Waals surface area contributed by atoms with Crippen LogP contribution in [0, 0.1) is 6.92 Å². The first-order chi connectivity index (χ1) is 7.87. The molecule has 0 aliphatic carbocycles. The Bertz CT molecular complexity index is 458. The van der Waals surface area contributed by atoms with Gasteiger partial charge in [0.15, 0.2) is 0 Å². The number of nitrogens with zero attached hydrogens (tertiary/aromatic N) is 2. The fourth-order valence-corrected chi connectivity index (χ4v) is 1.32. The van der Waals surface area contributed by atoms with Crippen LogP contribution in [0.4, 0.5) is 11.4 Å². The van der Waals surface area contributed by atoms with Crippen LogP contribution in [-0.4, -0.2) is 23.7 Å². The molecule has 0 aliphatic heterocycles. The molecule has 0 atom stereocenters. The van der Waals surface area contributed by atoms with Gasteiger partial charge in [-0.3, -0.25) is 0 Å². The zero-order chi connectivity index (χ0) is 13.1. The van der Waals surface area contributed by atoms with E-state index in [1.165, 1.54) is 6.08 Å². The summed E-state index contributed by atoms with van der Waals surface area (Å²) in [6.45, 7) is 7.58. The van der Waals surface area contributed by atoms with E-state index in [0.29, 0.717) is 11.6 Å². The van der Waals surface area contributed by atoms with E-state index in [0.717, 1.165) is 11.4 Å². The van der Waals surface area contributed by atoms with Crippen molar-refractivity contribution >= 4 is 17.5 Å². The summed E-state index contributed by atoms with van der Waals surface area (Å²) in [5.41, 5.74) is 1.58. The number of aryl methyl sites for hydroxylation is 1. The molecule has 0 unspecified atom stereocenters. The summed E-state index contributed by atoms with van der Waals surface area (Å²) in [6, 6.07) is 1.72. The monoisotopic (exact) mass is 235 g/mol. The second-order valence-electron chi connectivity index (χ2n) is 4.61. The minimum Gasteiger partial charge on any atom is -0.470 e. The van der Waals surface area contributed by atoms with E-state index in [1.54, 1.807) is 13.1 Å². The number of isocyanates is 1. The normalized spacial score (nSPS) is 10.6. The summed E-state index contributed by atoms with van der Waals surface area (Å²) < 4.78 is 5.65. The minimum absolute atomic E-state index is 0.345. The molecule has 5 nitrogen and oxygen atoms in total. The molecule has 1 aromatic heterocycles. The van der Waals surface area contributed by atoms with Crippen molar-refractivity contribution in [3.63, 3.8) is 0 Å². The number of rotatable bonds is 3. The Morgan fingerprint density at radius 2 is 2.12 bits per heavy atom. The molecule has 1 heterocycles. The van der Waals surface area contributed by atoms with Crippen molar-refractivity contribution in [1.82, 2.24) is 4.98 Å². The van der Waals surface area contributed by atoms with Gasteiger partial charge in [-0.1, -0.05) is 0 Å². The molecule has 0 aliphatic rings. The third kappa shape index (κ3) is 3.57. The minimum atomic E-state index is -0.395. The first kappa shape index (κ1) is 13.2. The van der Waals surface area contributed by atoms with Gasteiger partial charge < -0.3 is 10.1 Å². The molecule has 92 valence electrons. The van der Waals surface area contributed by atoms with Crippen molar-refractivity contribution in [1.29, 1.82) is 0 Å². The van der Waals surface area contributed by atoms with E-state index in [2.05, 4.69) is 15.3 Å². The highest BCUT2D eigenvalue weighted by Crippen LogP contribution is 2.32. The largest absolute Gasteiger partial charge is 0.470 e. The second-order valence-corrected chi connectivity index (χ2v) is 4.61. The predicted octanol–water partition coefficient (Wildman–Crippen LogP) is 2.58. The van der Waals surface area contributed by atoms with Crippen LogP contribution in [0.1, 0.15) is 26.5 Å². The fraction of sp³-hybridized carbons (Fsp3) is 0.500. The van der Waals surface area contributed by atoms with Crippen molar-refractivity contribution in [2.45, 2.75) is 33.3 Å². The van der Waals surface area contributed by atoms with Gasteiger partial charge in [-0.25, -0.2) is 9.78 Å². The number of aromatic nitrogens is 1. The van der Waals surface area contributed by atoms with Crippen molar-refractivity contribution < 1.29 is 9.53 Å². The molecule has 1 aromatic rings. The van der Waals surface area contributed by atoms with Crippen molar-refractivity contribution in [2.24, 2.45) is 4.99 Å². The highest BCUT2D eigenvalue weighted by Gasteiger charge is 2.17. The molecular weight excluding hydrogens is 218 g/mol. The van der Waals surface area contributed by atoms with E-state index >= 15 is 0 Å². The molecule has 0 aromatic carbocycles. The average molecular weight is 235 g/mol. The number of ether oxygens (including phenoxy) is 1. The molecule has 0 fully saturated rings. The summed E-state index contributed by atoms with van der Waals surface area (Å²) in [5, 5.41) is 2.98. The molecule has 17 heavy (non-hydrogen) atoms. The van der Waals surface area contributed by atoms with Crippen LogP contribution >= 0.6 is 0 Å². The number of hydrogen-bond donors (Lipinski definition) is 1. The lowest BCUT2D eigenvalue weighted by atomic mass is 10.2. The lowest BCUT2D eigenvalue weighted by molar-refractivity contribution is 0.125. The van der Waals surface area contributed by atoms with Gasteiger partial charge in [0.05, 0.1) is 11.4 Å². The van der Waals surface area contributed by atoms with Gasteiger partial charge in [0, 0.05) is 7.05 Å². The summed E-state index contributed by atoms with van der Waals surface area (Å²) in [5.74, 6) is 0.345. The summed E-state index contributed by atoms with van der Waals surface area (Å²) >= 11 is 0. The van der Waals surface area contributed by atoms with Crippen molar-refractivity contribution in [3.05, 3.63) is 11.8 Å². The van der Waals surface area contributed by atoms with Crippen LogP contribution in [0.2, 0.25) is 0 Å². The Labute approximate surface area is 101 Å². The number of aliphatic imine (C=N–C) groups is 1. The first-order valence-electron chi connectivity index (χ1n) is 5.33. The Kier molecular flexibility index (Phi) is 3.86. The van der Waals surface area contributed by atoms with Gasteiger partial charge in [0.2, 0.25) is 12.0 Å². The number of carbonyl (C=O) groups excluding carboxylic acids is 1. The van der Waals surface area contributed by atoms with E-state index in [-0.39, 0.29) is 0 Å². The van der Waals surface area contributed by atoms with E-state index < -0.39 is 5.60 Å². The highest BCUT2D eigenvalue weighted by atomic mass is 16.5. The lowest BCUT2D eigenvalue weighted by Crippen LogP contribution is -2.23. The van der Waals surface area contributed by atoms with Crippen LogP contribution in [-0.2, 0) is 4.79 Å². The number of pyridine rings is 1. The van der Waals surface area contributed by atoms with Crippen LogP contribution in [0.5, 0.6) is 5.88 Å². The lowest BCUT2D eigenvalue weighted by Gasteiger charge is -2.21.